The van der Waals surface area contributed by atoms with Crippen LogP contribution >= 0.6 is 0 Å². The Morgan fingerprint density at radius 3 is 2.52 bits per heavy atom. The summed E-state index contributed by atoms with van der Waals surface area (Å²) in [6, 6.07) is 0. The Balaban J connectivity index is 1.56. The summed E-state index contributed by atoms with van der Waals surface area (Å²) in [4.78, 5) is 0. The predicted octanol–water partition coefficient (Wildman–Crippen LogP) is 7.70. The second kappa shape index (κ2) is 7.85. The summed E-state index contributed by atoms with van der Waals surface area (Å²) < 4.78 is 0. The monoisotopic (exact) mass is 398 g/mol. The maximum atomic E-state index is 10.5. The molecule has 1 fully saturated rings. The highest BCUT2D eigenvalue weighted by atomic mass is 16.3. The van der Waals surface area contributed by atoms with Crippen molar-refractivity contribution in [2.75, 3.05) is 0 Å². The van der Waals surface area contributed by atoms with E-state index in [4.69, 9.17) is 0 Å². The van der Waals surface area contributed by atoms with Gasteiger partial charge >= 0.3 is 0 Å². The van der Waals surface area contributed by atoms with Crippen LogP contribution in [0.5, 0.6) is 0 Å². The van der Waals surface area contributed by atoms with Gasteiger partial charge in [0.15, 0.2) is 0 Å². The summed E-state index contributed by atoms with van der Waals surface area (Å²) in [7, 11) is 0. The van der Waals surface area contributed by atoms with Gasteiger partial charge in [-0.15, -0.1) is 0 Å². The van der Waals surface area contributed by atoms with Gasteiger partial charge in [0, 0.05) is 0 Å². The van der Waals surface area contributed by atoms with Gasteiger partial charge in [0.25, 0.3) is 0 Å². The lowest BCUT2D eigenvalue weighted by atomic mass is 9.49. The zero-order valence-corrected chi connectivity index (χ0v) is 20.1. The van der Waals surface area contributed by atoms with E-state index in [2.05, 4.69) is 47.6 Å². The highest BCUT2D eigenvalue weighted by Crippen LogP contribution is 2.64. The molecule has 1 heteroatoms. The molecule has 1 saturated carbocycles. The summed E-state index contributed by atoms with van der Waals surface area (Å²) in [5, 5.41) is 10.5. The molecule has 29 heavy (non-hydrogen) atoms. The predicted molar refractivity (Wildman–Crippen MR) is 124 cm³/mol. The van der Waals surface area contributed by atoms with Gasteiger partial charge in [-0.25, -0.2) is 0 Å². The topological polar surface area (TPSA) is 20.2 Å². The lowest BCUT2D eigenvalue weighted by molar-refractivity contribution is -0.0287. The molecule has 0 amide bonds. The van der Waals surface area contributed by atoms with Crippen molar-refractivity contribution < 1.29 is 5.11 Å². The van der Waals surface area contributed by atoms with E-state index in [-0.39, 0.29) is 6.10 Å². The zero-order valence-electron chi connectivity index (χ0n) is 20.1. The number of aliphatic hydroxyl groups is 1. The molecule has 4 aliphatic carbocycles. The third-order valence-corrected chi connectivity index (χ3v) is 10.1. The van der Waals surface area contributed by atoms with Crippen LogP contribution in [-0.4, -0.2) is 11.2 Å². The second-order valence-electron chi connectivity index (χ2n) is 12.2. The second-order valence-corrected chi connectivity index (χ2v) is 12.2. The average Bonchev–Trinajstić information content (AvgIpc) is 3.02. The number of hydrogen-bond acceptors (Lipinski definition) is 1. The van der Waals surface area contributed by atoms with Crippen LogP contribution in [0.3, 0.4) is 0 Å². The molecule has 4 aliphatic rings. The smallest absolute Gasteiger partial charge is 0.0569 e. The quantitative estimate of drug-likeness (QED) is 0.503. The van der Waals surface area contributed by atoms with Crippen LogP contribution in [0, 0.1) is 40.4 Å². The molecule has 0 aromatic carbocycles. The van der Waals surface area contributed by atoms with Gasteiger partial charge in [0.2, 0.25) is 0 Å². The first-order chi connectivity index (χ1) is 13.7. The van der Waals surface area contributed by atoms with E-state index in [1.807, 2.05) is 5.57 Å². The van der Waals surface area contributed by atoms with Crippen LogP contribution in [-0.2, 0) is 0 Å². The Morgan fingerprint density at radius 2 is 1.79 bits per heavy atom. The van der Waals surface area contributed by atoms with Crippen molar-refractivity contribution in [3.8, 4) is 0 Å². The minimum Gasteiger partial charge on any atom is -0.393 e. The van der Waals surface area contributed by atoms with E-state index in [0.717, 1.165) is 24.2 Å². The molecule has 0 aromatic rings. The van der Waals surface area contributed by atoms with Crippen molar-refractivity contribution in [2.24, 2.45) is 40.4 Å². The fourth-order valence-corrected chi connectivity index (χ4v) is 8.25. The fraction of sp³-hybridized carbons (Fsp3) is 0.857. The number of fused-ring (bicyclic) bond motifs is 4. The fourth-order valence-electron chi connectivity index (χ4n) is 8.25. The summed E-state index contributed by atoms with van der Waals surface area (Å²) in [6.45, 7) is 14.7. The highest BCUT2D eigenvalue weighted by molar-refractivity contribution is 5.49. The SMILES string of the molecule is CC(C)CCC[C@@H](C)[C@H]1CC=C2C3=C(CC[C@@]21C)[C@@]1(C)CC[C@H](O)[C@H](C)[C@@H]1CC3. The largest absolute Gasteiger partial charge is 0.393 e. The molecule has 0 bridgehead atoms. The van der Waals surface area contributed by atoms with E-state index in [1.54, 1.807) is 11.1 Å². The molecule has 0 aliphatic heterocycles. The van der Waals surface area contributed by atoms with Crippen LogP contribution in [0.2, 0.25) is 0 Å². The molecular formula is C28H46O. The van der Waals surface area contributed by atoms with E-state index < -0.39 is 0 Å². The molecule has 0 aromatic heterocycles. The van der Waals surface area contributed by atoms with Crippen LogP contribution in [0.25, 0.3) is 0 Å². The third-order valence-electron chi connectivity index (χ3n) is 10.1. The number of rotatable bonds is 5. The van der Waals surface area contributed by atoms with Gasteiger partial charge in [-0.2, -0.15) is 0 Å². The lowest BCUT2D eigenvalue weighted by Gasteiger charge is -2.55. The van der Waals surface area contributed by atoms with Crippen LogP contribution in [0.4, 0.5) is 0 Å². The minimum absolute atomic E-state index is 0.0779. The van der Waals surface area contributed by atoms with Gasteiger partial charge in [0.05, 0.1) is 6.10 Å². The Morgan fingerprint density at radius 1 is 1.03 bits per heavy atom. The number of hydrogen-bond donors (Lipinski definition) is 1. The van der Waals surface area contributed by atoms with E-state index >= 15 is 0 Å². The van der Waals surface area contributed by atoms with Crippen molar-refractivity contribution >= 4 is 0 Å². The zero-order chi connectivity index (χ0) is 21.0. The van der Waals surface area contributed by atoms with E-state index in [0.29, 0.717) is 22.7 Å². The first kappa shape index (κ1) is 21.7. The lowest BCUT2D eigenvalue weighted by Crippen LogP contribution is -2.48. The minimum atomic E-state index is -0.0779. The number of allylic oxidation sites excluding steroid dienone is 4. The van der Waals surface area contributed by atoms with Crippen molar-refractivity contribution in [1.82, 2.24) is 0 Å². The molecule has 0 heterocycles. The molecule has 0 spiro atoms. The summed E-state index contributed by atoms with van der Waals surface area (Å²) in [6.07, 6.45) is 15.5. The van der Waals surface area contributed by atoms with Gasteiger partial charge in [0.1, 0.15) is 0 Å². The summed E-state index contributed by atoms with van der Waals surface area (Å²) in [5.74, 6) is 3.66. The molecule has 1 N–H and O–H groups in total. The van der Waals surface area contributed by atoms with E-state index in [9.17, 15) is 5.11 Å². The van der Waals surface area contributed by atoms with Crippen molar-refractivity contribution in [3.63, 3.8) is 0 Å². The molecule has 0 saturated heterocycles. The van der Waals surface area contributed by atoms with Crippen molar-refractivity contribution in [3.05, 3.63) is 22.8 Å². The maximum absolute atomic E-state index is 10.5. The Labute approximate surface area is 180 Å². The van der Waals surface area contributed by atoms with Crippen LogP contribution in [0.1, 0.15) is 106 Å². The summed E-state index contributed by atoms with van der Waals surface area (Å²) in [5.41, 5.74) is 6.11. The highest BCUT2D eigenvalue weighted by Gasteiger charge is 2.54. The Hall–Kier alpha value is -0.560. The number of aliphatic hydroxyl groups excluding tert-OH is 1. The molecule has 1 nitrogen and oxygen atoms in total. The molecule has 164 valence electrons. The molecule has 4 rings (SSSR count). The first-order valence-electron chi connectivity index (χ1n) is 12.8. The standard InChI is InChI=1S/C28H46O/c1-18(2)8-7-9-19(3)22-12-13-24-21-10-11-23-20(4)26(29)15-17-28(23,6)25(21)14-16-27(22,24)5/h13,18-20,22-23,26,29H,7-12,14-17H2,1-6H3/t19-,20-,22-,23+,26+,27-,28+/m1/s1. The van der Waals surface area contributed by atoms with Crippen LogP contribution < -0.4 is 0 Å². The average molecular weight is 399 g/mol. The van der Waals surface area contributed by atoms with Gasteiger partial charge in [-0.05, 0) is 96.5 Å². The third kappa shape index (κ3) is 3.48. The van der Waals surface area contributed by atoms with Gasteiger partial charge in [-0.3, -0.25) is 0 Å². The van der Waals surface area contributed by atoms with Crippen LogP contribution in [0.15, 0.2) is 22.8 Å². The van der Waals surface area contributed by atoms with Crippen molar-refractivity contribution in [2.45, 2.75) is 112 Å². The maximum Gasteiger partial charge on any atom is 0.0569 e. The van der Waals surface area contributed by atoms with E-state index in [1.165, 1.54) is 57.8 Å². The Kier molecular flexibility index (Phi) is 5.86. The molecule has 7 atom stereocenters. The molecule has 0 unspecified atom stereocenters. The van der Waals surface area contributed by atoms with Gasteiger partial charge in [-0.1, -0.05) is 72.5 Å². The summed E-state index contributed by atoms with van der Waals surface area (Å²) >= 11 is 0. The molecular weight excluding hydrogens is 352 g/mol. The van der Waals surface area contributed by atoms with Crippen molar-refractivity contribution in [1.29, 1.82) is 0 Å². The van der Waals surface area contributed by atoms with Gasteiger partial charge < -0.3 is 5.11 Å². The Bertz CT molecular complexity index is 684. The first-order valence-corrected chi connectivity index (χ1v) is 12.8. The molecule has 0 radical (unpaired) electrons. The normalized spacial score (nSPS) is 43.0.